The summed E-state index contributed by atoms with van der Waals surface area (Å²) < 4.78 is 2.54. The zero-order chi connectivity index (χ0) is 29.6. The lowest BCUT2D eigenvalue weighted by Crippen LogP contribution is -2.21. The second kappa shape index (κ2) is 8.95. The number of nitrogens with zero attached hydrogens (tertiary/aromatic N) is 1. The van der Waals surface area contributed by atoms with Gasteiger partial charge < -0.3 is 4.57 Å². The first-order chi connectivity index (χ1) is 19.9. The van der Waals surface area contributed by atoms with Gasteiger partial charge in [-0.2, -0.15) is 0 Å². The van der Waals surface area contributed by atoms with Crippen molar-refractivity contribution in [3.63, 3.8) is 0 Å². The van der Waals surface area contributed by atoms with Crippen LogP contribution in [-0.2, 0) is 16.2 Å². The first-order valence-corrected chi connectivity index (χ1v) is 15.3. The lowest BCUT2D eigenvalue weighted by atomic mass is 9.71. The van der Waals surface area contributed by atoms with Gasteiger partial charge in [0.2, 0.25) is 0 Å². The van der Waals surface area contributed by atoms with Crippen LogP contribution < -0.4 is 0 Å². The molecule has 1 aromatic heterocycles. The summed E-state index contributed by atoms with van der Waals surface area (Å²) >= 11 is 0. The number of rotatable bonds is 2. The minimum absolute atomic E-state index is 0.0373. The van der Waals surface area contributed by atoms with E-state index >= 15 is 0 Å². The monoisotopic (exact) mass is 547 g/mol. The van der Waals surface area contributed by atoms with E-state index in [1.807, 2.05) is 0 Å². The Labute approximate surface area is 250 Å². The van der Waals surface area contributed by atoms with E-state index in [2.05, 4.69) is 163 Å². The van der Waals surface area contributed by atoms with Gasteiger partial charge in [0.1, 0.15) is 0 Å². The molecule has 0 radical (unpaired) electrons. The molecule has 1 heterocycles. The number of hydrogen-bond donors (Lipinski definition) is 0. The van der Waals surface area contributed by atoms with E-state index in [-0.39, 0.29) is 16.2 Å². The molecular formula is C41H41N. The van der Waals surface area contributed by atoms with Crippen LogP contribution >= 0.6 is 0 Å². The zero-order valence-electron chi connectivity index (χ0n) is 26.3. The van der Waals surface area contributed by atoms with Crippen LogP contribution in [0.2, 0.25) is 0 Å². The molecule has 1 aliphatic carbocycles. The highest BCUT2D eigenvalue weighted by atomic mass is 15.0. The third-order valence-electron chi connectivity index (χ3n) is 9.47. The molecule has 210 valence electrons. The predicted octanol–water partition coefficient (Wildman–Crippen LogP) is 11.4. The molecule has 42 heavy (non-hydrogen) atoms. The molecule has 0 atom stereocenters. The average molecular weight is 548 g/mol. The van der Waals surface area contributed by atoms with Gasteiger partial charge in [0.15, 0.2) is 0 Å². The maximum atomic E-state index is 2.54. The predicted molar refractivity (Wildman–Crippen MR) is 181 cm³/mol. The van der Waals surface area contributed by atoms with Crippen LogP contribution in [0.5, 0.6) is 0 Å². The van der Waals surface area contributed by atoms with E-state index in [4.69, 9.17) is 0 Å². The summed E-state index contributed by atoms with van der Waals surface area (Å²) in [6.45, 7) is 18.8. The van der Waals surface area contributed by atoms with E-state index in [0.717, 1.165) is 0 Å². The van der Waals surface area contributed by atoms with Crippen molar-refractivity contribution in [2.24, 2.45) is 0 Å². The molecule has 0 saturated carbocycles. The second-order valence-corrected chi connectivity index (χ2v) is 14.8. The van der Waals surface area contributed by atoms with Crippen LogP contribution in [0.4, 0.5) is 0 Å². The Bertz CT molecular complexity index is 1970. The van der Waals surface area contributed by atoms with Crippen molar-refractivity contribution in [2.45, 2.75) is 71.6 Å². The first kappa shape index (κ1) is 26.8. The van der Waals surface area contributed by atoms with Gasteiger partial charge >= 0.3 is 0 Å². The summed E-state index contributed by atoms with van der Waals surface area (Å²) in [7, 11) is 0. The first-order valence-electron chi connectivity index (χ1n) is 15.3. The summed E-state index contributed by atoms with van der Waals surface area (Å²) in [5, 5.41) is 2.72. The standard InChI is InChI=1S/C41H41N/c1-39(2,3)29-23-30(40(4,5)6)25-31(24-29)42-34-19-13-18-32-27-16-12-17-28(22-27)41(7,8)38-33(26-14-10-9-11-15-26)20-21-35(42)37(38)36(32)34/h9-25H,1-8H3. The van der Waals surface area contributed by atoms with Gasteiger partial charge in [-0.25, -0.2) is 0 Å². The fourth-order valence-corrected chi connectivity index (χ4v) is 7.00. The van der Waals surface area contributed by atoms with E-state index in [1.165, 1.54) is 72.0 Å². The van der Waals surface area contributed by atoms with Gasteiger partial charge in [-0.3, -0.25) is 0 Å². The fraction of sp³-hybridized carbons (Fsp3) is 0.268. The lowest BCUT2D eigenvalue weighted by Gasteiger charge is -2.32. The topological polar surface area (TPSA) is 4.93 Å². The maximum Gasteiger partial charge on any atom is 0.0547 e. The van der Waals surface area contributed by atoms with E-state index in [9.17, 15) is 0 Å². The number of hydrogen-bond acceptors (Lipinski definition) is 0. The number of aromatic nitrogens is 1. The van der Waals surface area contributed by atoms with Crippen molar-refractivity contribution in [1.29, 1.82) is 0 Å². The molecule has 0 unspecified atom stereocenters. The molecule has 0 saturated heterocycles. The summed E-state index contributed by atoms with van der Waals surface area (Å²) in [6.07, 6.45) is 0. The van der Waals surface area contributed by atoms with Gasteiger partial charge in [0.05, 0.1) is 11.0 Å². The quantitative estimate of drug-likeness (QED) is 0.203. The molecular weight excluding hydrogens is 506 g/mol. The summed E-state index contributed by atoms with van der Waals surface area (Å²) in [6, 6.07) is 39.1. The Balaban J connectivity index is 1.71. The molecule has 1 nitrogen and oxygen atoms in total. The summed E-state index contributed by atoms with van der Waals surface area (Å²) in [5.74, 6) is 0. The van der Waals surface area contributed by atoms with Crippen molar-refractivity contribution >= 4 is 21.8 Å². The number of benzene rings is 5. The van der Waals surface area contributed by atoms with Crippen LogP contribution in [-0.4, -0.2) is 4.57 Å². The molecule has 6 aromatic rings. The summed E-state index contributed by atoms with van der Waals surface area (Å²) in [4.78, 5) is 0. The van der Waals surface area contributed by atoms with E-state index < -0.39 is 0 Å². The largest absolute Gasteiger partial charge is 0.309 e. The second-order valence-electron chi connectivity index (χ2n) is 14.8. The van der Waals surface area contributed by atoms with E-state index in [1.54, 1.807) is 0 Å². The Morgan fingerprint density at radius 3 is 1.81 bits per heavy atom. The molecule has 1 aliphatic rings. The fourth-order valence-electron chi connectivity index (χ4n) is 7.00. The Morgan fingerprint density at radius 2 is 1.14 bits per heavy atom. The zero-order valence-corrected chi connectivity index (χ0v) is 26.3. The van der Waals surface area contributed by atoms with Gasteiger partial charge in [0, 0.05) is 21.9 Å². The van der Waals surface area contributed by atoms with Crippen molar-refractivity contribution in [2.75, 3.05) is 0 Å². The third-order valence-corrected chi connectivity index (χ3v) is 9.47. The molecule has 0 fully saturated rings. The minimum Gasteiger partial charge on any atom is -0.309 e. The SMILES string of the molecule is CC(C)(C)c1cc(-n2c3cccc4c3c3c(c(-c5ccccc5)ccc32)C(C)(C)c2cccc-4c2)cc(C(C)(C)C)c1. The highest BCUT2D eigenvalue weighted by molar-refractivity contribution is 6.19. The highest BCUT2D eigenvalue weighted by Crippen LogP contribution is 2.50. The molecule has 7 rings (SSSR count). The lowest BCUT2D eigenvalue weighted by molar-refractivity contribution is 0.568. The van der Waals surface area contributed by atoms with Crippen molar-refractivity contribution in [3.05, 3.63) is 125 Å². The normalized spacial score (nSPS) is 14.4. The van der Waals surface area contributed by atoms with Gasteiger partial charge in [-0.15, -0.1) is 0 Å². The Kier molecular flexibility index (Phi) is 5.71. The van der Waals surface area contributed by atoms with Gasteiger partial charge in [-0.05, 0) is 79.6 Å². The Hall–Kier alpha value is -4.10. The molecule has 0 amide bonds. The highest BCUT2D eigenvalue weighted by Gasteiger charge is 2.34. The third kappa shape index (κ3) is 3.97. The molecule has 1 heteroatoms. The van der Waals surface area contributed by atoms with Gasteiger partial charge in [0.25, 0.3) is 0 Å². The Morgan fingerprint density at radius 1 is 0.524 bits per heavy atom. The maximum absolute atomic E-state index is 2.54. The van der Waals surface area contributed by atoms with E-state index in [0.29, 0.717) is 0 Å². The van der Waals surface area contributed by atoms with Crippen molar-refractivity contribution in [3.8, 4) is 27.9 Å². The van der Waals surface area contributed by atoms with Crippen molar-refractivity contribution in [1.82, 2.24) is 4.57 Å². The van der Waals surface area contributed by atoms with Crippen LogP contribution in [0.3, 0.4) is 0 Å². The van der Waals surface area contributed by atoms with Crippen molar-refractivity contribution < 1.29 is 0 Å². The molecule has 0 spiro atoms. The molecule has 5 aromatic carbocycles. The smallest absolute Gasteiger partial charge is 0.0547 e. The molecule has 2 bridgehead atoms. The van der Waals surface area contributed by atoms with Gasteiger partial charge in [-0.1, -0.05) is 134 Å². The molecule has 0 N–H and O–H groups in total. The van der Waals surface area contributed by atoms with Crippen LogP contribution in [0, 0.1) is 0 Å². The van der Waals surface area contributed by atoms with Crippen LogP contribution in [0.15, 0.2) is 103 Å². The van der Waals surface area contributed by atoms with Crippen LogP contribution in [0.1, 0.15) is 77.6 Å². The summed E-state index contributed by atoms with van der Waals surface area (Å²) in [5.41, 5.74) is 14.3. The number of fused-ring (bicyclic) bond motifs is 3. The minimum atomic E-state index is -0.197. The average Bonchev–Trinajstić information content (AvgIpc) is 3.30. The molecule has 0 aliphatic heterocycles. The van der Waals surface area contributed by atoms with Crippen LogP contribution in [0.25, 0.3) is 49.7 Å².